The van der Waals surface area contributed by atoms with E-state index >= 15 is 0 Å². The van der Waals surface area contributed by atoms with Crippen LogP contribution in [0.25, 0.3) is 10.7 Å². The minimum atomic E-state index is -0.562. The second-order valence-electron chi connectivity index (χ2n) is 5.48. The Labute approximate surface area is 145 Å². The maximum Gasteiger partial charge on any atom is 0.325 e. The molecule has 0 aromatic carbocycles. The van der Waals surface area contributed by atoms with Gasteiger partial charge in [-0.3, -0.25) is 25.0 Å². The Morgan fingerprint density at radius 2 is 2.04 bits per heavy atom. The number of aromatic amines is 3. The van der Waals surface area contributed by atoms with E-state index in [4.69, 9.17) is 0 Å². The molecular weight excluding hydrogens is 344 g/mol. The molecule has 3 heterocycles. The average Bonchev–Trinajstić information content (AvgIpc) is 3.15. The molecule has 3 aromatic rings. The Morgan fingerprint density at radius 3 is 2.72 bits per heavy atom. The van der Waals surface area contributed by atoms with Crippen LogP contribution in [0.5, 0.6) is 0 Å². The maximum absolute atomic E-state index is 12.0. The number of carbonyl (C=O) groups is 1. The lowest BCUT2D eigenvalue weighted by Crippen LogP contribution is -2.27. The lowest BCUT2D eigenvalue weighted by atomic mass is 10.1. The van der Waals surface area contributed by atoms with Gasteiger partial charge in [0.2, 0.25) is 11.9 Å². The molecule has 0 atom stereocenters. The molecule has 25 heavy (non-hydrogen) atoms. The zero-order valence-corrected chi connectivity index (χ0v) is 14.4. The highest BCUT2D eigenvalue weighted by Crippen LogP contribution is 2.24. The van der Waals surface area contributed by atoms with Gasteiger partial charge in [-0.1, -0.05) is 0 Å². The second-order valence-corrected chi connectivity index (χ2v) is 6.77. The summed E-state index contributed by atoms with van der Waals surface area (Å²) in [6.45, 7) is 3.61. The lowest BCUT2D eigenvalue weighted by molar-refractivity contribution is -0.116. The van der Waals surface area contributed by atoms with Crippen LogP contribution in [0.1, 0.15) is 22.6 Å². The molecule has 4 N–H and O–H groups in total. The number of hydrogen-bond donors (Lipinski definition) is 4. The summed E-state index contributed by atoms with van der Waals surface area (Å²) in [5.74, 6) is 0.442. The molecule has 0 saturated heterocycles. The van der Waals surface area contributed by atoms with Crippen LogP contribution in [0.4, 0.5) is 5.95 Å². The van der Waals surface area contributed by atoms with Gasteiger partial charge in [-0.15, -0.1) is 16.4 Å². The monoisotopic (exact) mass is 360 g/mol. The van der Waals surface area contributed by atoms with E-state index in [0.717, 1.165) is 9.75 Å². The van der Waals surface area contributed by atoms with Crippen LogP contribution < -0.4 is 16.6 Å². The number of nitrogens with zero attached hydrogens (tertiary/aromatic N) is 2. The Balaban J connectivity index is 1.63. The van der Waals surface area contributed by atoms with E-state index in [9.17, 15) is 14.4 Å². The Morgan fingerprint density at radius 1 is 1.24 bits per heavy atom. The number of thiophene rings is 1. The highest BCUT2D eigenvalue weighted by Gasteiger charge is 2.12. The summed E-state index contributed by atoms with van der Waals surface area (Å²) in [7, 11) is 0. The molecule has 0 aliphatic heterocycles. The van der Waals surface area contributed by atoms with E-state index < -0.39 is 11.2 Å². The third-order valence-corrected chi connectivity index (χ3v) is 4.57. The molecule has 0 aliphatic carbocycles. The first-order valence-corrected chi connectivity index (χ1v) is 8.35. The number of carbonyl (C=O) groups excluding carboxylic acids is 1. The van der Waals surface area contributed by atoms with Gasteiger partial charge in [-0.2, -0.15) is 4.98 Å². The summed E-state index contributed by atoms with van der Waals surface area (Å²) in [5, 5.41) is 9.33. The predicted molar refractivity (Wildman–Crippen MR) is 93.8 cm³/mol. The second kappa shape index (κ2) is 6.85. The summed E-state index contributed by atoms with van der Waals surface area (Å²) in [4.78, 5) is 45.9. The molecule has 0 unspecified atom stereocenters. The van der Waals surface area contributed by atoms with Crippen LogP contribution >= 0.6 is 11.3 Å². The molecule has 0 radical (unpaired) electrons. The van der Waals surface area contributed by atoms with Crippen molar-refractivity contribution in [1.29, 1.82) is 0 Å². The van der Waals surface area contributed by atoms with Crippen molar-refractivity contribution in [3.63, 3.8) is 0 Å². The summed E-state index contributed by atoms with van der Waals surface area (Å²) >= 11 is 1.57. The summed E-state index contributed by atoms with van der Waals surface area (Å²) in [6.07, 6.45) is 0.267. The van der Waals surface area contributed by atoms with E-state index in [-0.39, 0.29) is 24.7 Å². The van der Waals surface area contributed by atoms with Gasteiger partial charge in [-0.05, 0) is 32.4 Å². The zero-order valence-electron chi connectivity index (χ0n) is 13.6. The third kappa shape index (κ3) is 3.91. The summed E-state index contributed by atoms with van der Waals surface area (Å²) < 4.78 is 0. The van der Waals surface area contributed by atoms with Crippen LogP contribution in [-0.2, 0) is 11.2 Å². The highest BCUT2D eigenvalue weighted by molar-refractivity contribution is 7.15. The van der Waals surface area contributed by atoms with E-state index in [1.165, 1.54) is 0 Å². The average molecular weight is 360 g/mol. The van der Waals surface area contributed by atoms with Crippen molar-refractivity contribution in [3.05, 3.63) is 49.1 Å². The largest absolute Gasteiger partial charge is 0.325 e. The quantitative estimate of drug-likeness (QED) is 0.540. The minimum absolute atomic E-state index is 0.0674. The lowest BCUT2D eigenvalue weighted by Gasteiger charge is -2.03. The number of aryl methyl sites for hydroxylation is 2. The van der Waals surface area contributed by atoms with Gasteiger partial charge < -0.3 is 4.98 Å². The third-order valence-electron chi connectivity index (χ3n) is 3.57. The smallest absolute Gasteiger partial charge is 0.311 e. The number of H-pyrrole nitrogens is 3. The van der Waals surface area contributed by atoms with Gasteiger partial charge in [0.15, 0.2) is 5.82 Å². The predicted octanol–water partition coefficient (Wildman–Crippen LogP) is 1.10. The van der Waals surface area contributed by atoms with Crippen molar-refractivity contribution in [2.24, 2.45) is 0 Å². The first-order valence-electron chi connectivity index (χ1n) is 7.53. The van der Waals surface area contributed by atoms with Crippen LogP contribution in [0, 0.1) is 13.8 Å². The standard InChI is InChI=1S/C15H16N6O3S/c1-7-3-5-10(25-7)12-18-14(21-20-12)17-11(22)6-4-9-8(2)16-15(24)19-13(9)23/h3,5H,4,6H2,1-2H3,(H2,16,19,23,24)(H2,17,18,20,21,22). The molecule has 0 aliphatic rings. The molecule has 0 fully saturated rings. The molecule has 1 amide bonds. The maximum atomic E-state index is 12.0. The minimum Gasteiger partial charge on any atom is -0.311 e. The van der Waals surface area contributed by atoms with E-state index in [1.54, 1.807) is 18.3 Å². The number of anilines is 1. The molecule has 9 nitrogen and oxygen atoms in total. The first kappa shape index (κ1) is 16.8. The van der Waals surface area contributed by atoms with Crippen LogP contribution in [0.2, 0.25) is 0 Å². The Bertz CT molecular complexity index is 1030. The normalized spacial score (nSPS) is 10.8. The number of nitrogens with one attached hydrogen (secondary N) is 4. The van der Waals surface area contributed by atoms with Crippen molar-refractivity contribution in [1.82, 2.24) is 25.1 Å². The van der Waals surface area contributed by atoms with Gasteiger partial charge in [0.1, 0.15) is 0 Å². The molecule has 3 aromatic heterocycles. The van der Waals surface area contributed by atoms with E-state index in [1.807, 2.05) is 19.1 Å². The van der Waals surface area contributed by atoms with Crippen molar-refractivity contribution in [3.8, 4) is 10.7 Å². The molecule has 0 bridgehead atoms. The van der Waals surface area contributed by atoms with Gasteiger partial charge in [0.25, 0.3) is 5.56 Å². The fourth-order valence-corrected chi connectivity index (χ4v) is 3.15. The van der Waals surface area contributed by atoms with Crippen molar-refractivity contribution >= 4 is 23.2 Å². The fraction of sp³-hybridized carbons (Fsp3) is 0.267. The van der Waals surface area contributed by atoms with E-state index in [2.05, 4.69) is 30.5 Å². The summed E-state index contributed by atoms with van der Waals surface area (Å²) in [5.41, 5.74) is -0.218. The fourth-order valence-electron chi connectivity index (χ4n) is 2.34. The SMILES string of the molecule is Cc1ccc(-c2nc(NC(=O)CCc3c(C)[nH]c(=O)[nH]c3=O)n[nH]2)s1. The van der Waals surface area contributed by atoms with Gasteiger partial charge in [-0.25, -0.2) is 4.79 Å². The van der Waals surface area contributed by atoms with Gasteiger partial charge in [0, 0.05) is 22.6 Å². The van der Waals surface area contributed by atoms with Crippen LogP contribution in [0.3, 0.4) is 0 Å². The molecular formula is C15H16N6O3S. The number of aromatic nitrogens is 5. The van der Waals surface area contributed by atoms with Gasteiger partial charge >= 0.3 is 5.69 Å². The molecule has 10 heteroatoms. The van der Waals surface area contributed by atoms with Crippen molar-refractivity contribution in [2.45, 2.75) is 26.7 Å². The number of rotatable bonds is 5. The van der Waals surface area contributed by atoms with Crippen molar-refractivity contribution in [2.75, 3.05) is 5.32 Å². The Kier molecular flexibility index (Phi) is 4.61. The number of amides is 1. The van der Waals surface area contributed by atoms with Gasteiger partial charge in [0.05, 0.1) is 4.88 Å². The van der Waals surface area contributed by atoms with E-state index in [0.29, 0.717) is 17.1 Å². The first-order chi connectivity index (χ1) is 11.9. The molecule has 0 saturated carbocycles. The Hall–Kier alpha value is -3.01. The highest BCUT2D eigenvalue weighted by atomic mass is 32.1. The zero-order chi connectivity index (χ0) is 18.0. The molecule has 130 valence electrons. The summed E-state index contributed by atoms with van der Waals surface area (Å²) in [6, 6.07) is 3.90. The molecule has 0 spiro atoms. The number of hydrogen-bond acceptors (Lipinski definition) is 6. The molecule has 3 rings (SSSR count). The topological polar surface area (TPSA) is 136 Å². The van der Waals surface area contributed by atoms with Crippen molar-refractivity contribution < 1.29 is 4.79 Å². The van der Waals surface area contributed by atoms with Crippen LogP contribution in [0.15, 0.2) is 21.7 Å². The van der Waals surface area contributed by atoms with Crippen LogP contribution in [-0.4, -0.2) is 31.1 Å².